The first-order chi connectivity index (χ1) is 15.5. The number of esters is 1. The van der Waals surface area contributed by atoms with E-state index in [0.29, 0.717) is 18.5 Å². The largest absolute Gasteiger partial charge is 0.464 e. The van der Waals surface area contributed by atoms with E-state index in [-0.39, 0.29) is 17.8 Å². The van der Waals surface area contributed by atoms with Crippen molar-refractivity contribution in [2.45, 2.75) is 50.7 Å². The van der Waals surface area contributed by atoms with Gasteiger partial charge in [0.25, 0.3) is 0 Å². The van der Waals surface area contributed by atoms with Crippen molar-refractivity contribution in [3.05, 3.63) is 42.0 Å². The number of pyridine rings is 1. The minimum Gasteiger partial charge on any atom is -0.464 e. The average Bonchev–Trinajstić information content (AvgIpc) is 3.18. The van der Waals surface area contributed by atoms with Crippen LogP contribution in [0, 0.1) is 0 Å². The Hall–Kier alpha value is -3.04. The van der Waals surface area contributed by atoms with Crippen molar-refractivity contribution in [2.75, 3.05) is 26.1 Å². The summed E-state index contributed by atoms with van der Waals surface area (Å²) >= 11 is 0. The molecule has 0 aromatic carbocycles. The number of nitrogens with zero attached hydrogens (tertiary/aromatic N) is 4. The molecule has 1 atom stereocenters. The lowest BCUT2D eigenvalue weighted by Gasteiger charge is -2.25. The monoisotopic (exact) mass is 439 g/mol. The van der Waals surface area contributed by atoms with Crippen LogP contribution in [0.2, 0.25) is 0 Å². The molecule has 0 saturated heterocycles. The topological polar surface area (TPSA) is 111 Å². The number of hydrogen-bond donors (Lipinski definition) is 2. The third-order valence-corrected chi connectivity index (χ3v) is 5.92. The highest BCUT2D eigenvalue weighted by atomic mass is 16.5. The maximum Gasteiger partial charge on any atom is 0.356 e. The lowest BCUT2D eigenvalue weighted by molar-refractivity contribution is 0.0594. The van der Waals surface area contributed by atoms with Gasteiger partial charge < -0.3 is 19.9 Å². The van der Waals surface area contributed by atoms with Gasteiger partial charge in [0.05, 0.1) is 31.5 Å². The van der Waals surface area contributed by atoms with Gasteiger partial charge in [0.15, 0.2) is 0 Å². The third-order valence-electron chi connectivity index (χ3n) is 5.92. The molecule has 0 bridgehead atoms. The summed E-state index contributed by atoms with van der Waals surface area (Å²) in [6.07, 6.45) is 6.61. The molecule has 0 aliphatic heterocycles. The second kappa shape index (κ2) is 9.62. The van der Waals surface area contributed by atoms with E-state index in [9.17, 15) is 9.90 Å². The normalized spacial score (nSPS) is 19.6. The minimum atomic E-state index is -0.469. The summed E-state index contributed by atoms with van der Waals surface area (Å²) in [5.41, 5.74) is 4.03. The van der Waals surface area contributed by atoms with Crippen molar-refractivity contribution < 1.29 is 19.4 Å². The van der Waals surface area contributed by atoms with Gasteiger partial charge in [-0.25, -0.2) is 19.3 Å². The number of carbonyl (C=O) groups excluding carboxylic acids is 1. The van der Waals surface area contributed by atoms with E-state index in [1.54, 1.807) is 25.6 Å². The number of aliphatic hydroxyl groups is 1. The smallest absolute Gasteiger partial charge is 0.356 e. The summed E-state index contributed by atoms with van der Waals surface area (Å²) in [5.74, 6) is 0.352. The molecule has 1 aliphatic carbocycles. The molecule has 32 heavy (non-hydrogen) atoms. The summed E-state index contributed by atoms with van der Waals surface area (Å²) in [5, 5.41) is 18.0. The SMILES string of the molecule is COCC(C)Nc1ncc2c(-c3ccc(C(=O)OC)nc3)cc(C3CCC(O)CC3)n2n1. The lowest BCUT2D eigenvalue weighted by atomic mass is 9.85. The maximum absolute atomic E-state index is 11.7. The molecule has 9 nitrogen and oxygen atoms in total. The first kappa shape index (κ1) is 22.2. The molecule has 3 aromatic rings. The van der Waals surface area contributed by atoms with Crippen molar-refractivity contribution >= 4 is 17.4 Å². The molecule has 1 unspecified atom stereocenters. The van der Waals surface area contributed by atoms with Gasteiger partial charge in [-0.2, -0.15) is 0 Å². The number of aromatic nitrogens is 4. The highest BCUT2D eigenvalue weighted by Gasteiger charge is 2.26. The van der Waals surface area contributed by atoms with Crippen LogP contribution >= 0.6 is 0 Å². The van der Waals surface area contributed by atoms with Gasteiger partial charge in [-0.3, -0.25) is 0 Å². The van der Waals surface area contributed by atoms with Crippen LogP contribution in [0.25, 0.3) is 16.6 Å². The van der Waals surface area contributed by atoms with E-state index in [4.69, 9.17) is 14.6 Å². The predicted molar refractivity (Wildman–Crippen MR) is 120 cm³/mol. The Kier molecular flexibility index (Phi) is 6.66. The highest BCUT2D eigenvalue weighted by molar-refractivity contribution is 5.88. The summed E-state index contributed by atoms with van der Waals surface area (Å²) in [4.78, 5) is 20.5. The van der Waals surface area contributed by atoms with Gasteiger partial charge in [-0.15, -0.1) is 5.10 Å². The van der Waals surface area contributed by atoms with Gasteiger partial charge in [0, 0.05) is 42.1 Å². The van der Waals surface area contributed by atoms with E-state index >= 15 is 0 Å². The molecule has 3 heterocycles. The Labute approximate surface area is 186 Å². The molecular formula is C23H29N5O4. The van der Waals surface area contributed by atoms with Gasteiger partial charge in [-0.1, -0.05) is 6.07 Å². The summed E-state index contributed by atoms with van der Waals surface area (Å²) in [6.45, 7) is 2.56. The van der Waals surface area contributed by atoms with Gasteiger partial charge in [-0.05, 0) is 44.7 Å². The van der Waals surface area contributed by atoms with Crippen LogP contribution in [0.4, 0.5) is 5.95 Å². The highest BCUT2D eigenvalue weighted by Crippen LogP contribution is 2.37. The number of aliphatic hydroxyl groups excluding tert-OH is 1. The third kappa shape index (κ3) is 4.58. The van der Waals surface area contributed by atoms with Crippen LogP contribution in [-0.2, 0) is 9.47 Å². The van der Waals surface area contributed by atoms with Gasteiger partial charge in [0.1, 0.15) is 5.69 Å². The van der Waals surface area contributed by atoms with Crippen LogP contribution < -0.4 is 5.32 Å². The van der Waals surface area contributed by atoms with E-state index < -0.39 is 5.97 Å². The van der Waals surface area contributed by atoms with Gasteiger partial charge >= 0.3 is 5.97 Å². The molecule has 3 aromatic heterocycles. The fourth-order valence-corrected chi connectivity index (χ4v) is 4.27. The van der Waals surface area contributed by atoms with Crippen molar-refractivity contribution in [2.24, 2.45) is 0 Å². The molecular weight excluding hydrogens is 410 g/mol. The Morgan fingerprint density at radius 1 is 1.22 bits per heavy atom. The summed E-state index contributed by atoms with van der Waals surface area (Å²) in [6, 6.07) is 5.71. The molecule has 170 valence electrons. The standard InChI is InChI=1S/C23H29N5O4/c1-14(13-31-2)26-23-25-12-21-18(16-6-9-19(24-11-16)22(30)32-3)10-20(28(21)27-23)15-4-7-17(29)8-5-15/h6,9-12,14-15,17,29H,4-5,7-8,13H2,1-3H3,(H,26,27). The summed E-state index contributed by atoms with van der Waals surface area (Å²) < 4.78 is 11.9. The molecule has 0 radical (unpaired) electrons. The van der Waals surface area contributed by atoms with Crippen LogP contribution in [-0.4, -0.2) is 63.6 Å². The van der Waals surface area contributed by atoms with Crippen LogP contribution in [0.1, 0.15) is 54.7 Å². The average molecular weight is 440 g/mol. The summed E-state index contributed by atoms with van der Waals surface area (Å²) in [7, 11) is 3.00. The molecule has 2 N–H and O–H groups in total. The van der Waals surface area contributed by atoms with Gasteiger partial charge in [0.2, 0.25) is 5.95 Å². The Morgan fingerprint density at radius 3 is 2.66 bits per heavy atom. The molecule has 0 amide bonds. The Morgan fingerprint density at radius 2 is 2.00 bits per heavy atom. The number of methoxy groups -OCH3 is 2. The first-order valence-corrected chi connectivity index (χ1v) is 10.9. The Balaban J connectivity index is 1.75. The molecule has 1 saturated carbocycles. The number of nitrogens with one attached hydrogen (secondary N) is 1. The zero-order valence-electron chi connectivity index (χ0n) is 18.6. The second-order valence-electron chi connectivity index (χ2n) is 8.29. The van der Waals surface area contributed by atoms with Crippen molar-refractivity contribution in [3.8, 4) is 11.1 Å². The van der Waals surface area contributed by atoms with Crippen molar-refractivity contribution in [1.82, 2.24) is 19.6 Å². The van der Waals surface area contributed by atoms with Crippen LogP contribution in [0.5, 0.6) is 0 Å². The van der Waals surface area contributed by atoms with Crippen molar-refractivity contribution in [1.29, 1.82) is 0 Å². The van der Waals surface area contributed by atoms with E-state index in [0.717, 1.165) is 48.0 Å². The number of carbonyl (C=O) groups is 1. The number of ether oxygens (including phenoxy) is 2. The fraction of sp³-hybridized carbons (Fsp3) is 0.478. The predicted octanol–water partition coefficient (Wildman–Crippen LogP) is 3.04. The number of rotatable bonds is 7. The van der Waals surface area contributed by atoms with E-state index in [2.05, 4.69) is 21.4 Å². The minimum absolute atomic E-state index is 0.0656. The fourth-order valence-electron chi connectivity index (χ4n) is 4.27. The van der Waals surface area contributed by atoms with Crippen molar-refractivity contribution in [3.63, 3.8) is 0 Å². The van der Waals surface area contributed by atoms with Crippen LogP contribution in [0.15, 0.2) is 30.6 Å². The second-order valence-corrected chi connectivity index (χ2v) is 8.29. The molecule has 1 aliphatic rings. The lowest BCUT2D eigenvalue weighted by Crippen LogP contribution is -2.23. The van der Waals surface area contributed by atoms with E-state index in [1.165, 1.54) is 7.11 Å². The number of anilines is 1. The molecule has 1 fully saturated rings. The molecule has 0 spiro atoms. The number of fused-ring (bicyclic) bond motifs is 1. The molecule has 4 rings (SSSR count). The maximum atomic E-state index is 11.7. The zero-order chi connectivity index (χ0) is 22.7. The Bertz CT molecular complexity index is 1070. The van der Waals surface area contributed by atoms with Crippen LogP contribution in [0.3, 0.4) is 0 Å². The van der Waals surface area contributed by atoms with E-state index in [1.807, 2.05) is 17.5 Å². The first-order valence-electron chi connectivity index (χ1n) is 10.9. The molecule has 9 heteroatoms. The number of hydrogen-bond acceptors (Lipinski definition) is 8. The zero-order valence-corrected chi connectivity index (χ0v) is 18.6. The quantitative estimate of drug-likeness (QED) is 0.541.